The Morgan fingerprint density at radius 1 is 0.589 bits per heavy atom. The number of nitrogens with zero attached hydrogens (tertiary/aromatic N) is 6. The van der Waals surface area contributed by atoms with Crippen molar-refractivity contribution in [1.82, 2.24) is 23.8 Å². The number of para-hydroxylation sites is 3. The Morgan fingerprint density at radius 2 is 1.23 bits per heavy atom. The van der Waals surface area contributed by atoms with Gasteiger partial charge in [0.05, 0.1) is 5.69 Å². The van der Waals surface area contributed by atoms with Crippen LogP contribution in [-0.4, -0.2) is 30.8 Å². The molecular weight excluding hydrogens is 1070 g/mol. The molecule has 7 nitrogen and oxygen atoms in total. The van der Waals surface area contributed by atoms with Crippen LogP contribution in [0.4, 0.5) is 11.5 Å². The van der Waals surface area contributed by atoms with Gasteiger partial charge in [-0.05, 0) is 17.0 Å². The van der Waals surface area contributed by atoms with E-state index in [0.717, 1.165) is 44.4 Å². The van der Waals surface area contributed by atoms with Crippen molar-refractivity contribution in [2.75, 3.05) is 4.81 Å². The van der Waals surface area contributed by atoms with Gasteiger partial charge in [0.2, 0.25) is 0 Å². The third kappa shape index (κ3) is 8.94. The second-order valence-corrected chi connectivity index (χ2v) is 22.6. The number of aromatic nitrogens is 5. The molecule has 0 N–H and O–H groups in total. The van der Waals surface area contributed by atoms with Gasteiger partial charge < -0.3 is 0 Å². The third-order valence-electron chi connectivity index (χ3n) is 13.5. The van der Waals surface area contributed by atoms with E-state index in [1.807, 2.05) is 121 Å². The van der Waals surface area contributed by atoms with E-state index in [-0.39, 0.29) is 33.9 Å². The molecule has 0 saturated heterocycles. The predicted octanol–water partition coefficient (Wildman–Crippen LogP) is 16.2. The monoisotopic (exact) mass is 1140 g/mol. The molecule has 0 atom stereocenters. The second-order valence-electron chi connectivity index (χ2n) is 21.6. The fourth-order valence-electron chi connectivity index (χ4n) is 9.49. The molecule has 9 heteroatoms. The van der Waals surface area contributed by atoms with Gasteiger partial charge in [-0.3, -0.25) is 0 Å². The zero-order valence-corrected chi connectivity index (χ0v) is 44.6. The molecule has 0 saturated carbocycles. The van der Waals surface area contributed by atoms with Crippen molar-refractivity contribution >= 4 is 29.5 Å². The molecule has 0 radical (unpaired) electrons. The Bertz CT molecular complexity index is 4140. The third-order valence-corrected chi connectivity index (χ3v) is 14.5. The molecule has 1 aliphatic heterocycles. The summed E-state index contributed by atoms with van der Waals surface area (Å²) in [6, 6.07) is 50.4. The number of hydrogen-bond acceptors (Lipinski definition) is 4. The van der Waals surface area contributed by atoms with Gasteiger partial charge in [-0.15, -0.1) is 0 Å². The molecule has 3 aromatic heterocycles. The minimum absolute atomic E-state index is 0.0899. The quantitative estimate of drug-likeness (QED) is 0.112. The van der Waals surface area contributed by atoms with Crippen molar-refractivity contribution in [2.45, 2.75) is 85.3 Å². The topological polar surface area (TPSA) is 53.0 Å². The number of hydrogen-bond donors (Lipinski definition) is 0. The first kappa shape index (κ1) is 39.3. The van der Waals surface area contributed by atoms with Gasteiger partial charge in [0.1, 0.15) is 0 Å². The van der Waals surface area contributed by atoms with Gasteiger partial charge in [-0.2, -0.15) is 5.10 Å². The predicted molar refractivity (Wildman–Crippen MR) is 297 cm³/mol. The first-order valence-corrected chi connectivity index (χ1v) is 25.6. The first-order valence-electron chi connectivity index (χ1n) is 28.4. The van der Waals surface area contributed by atoms with E-state index in [1.54, 1.807) is 15.6 Å². The van der Waals surface area contributed by atoms with Crippen LogP contribution in [-0.2, 0) is 35.6 Å². The molecule has 0 aliphatic carbocycles. The zero-order valence-electron chi connectivity index (χ0n) is 50.3. The maximum atomic E-state index is 9.31. The number of pyridine rings is 1. The number of anilines is 2. The van der Waals surface area contributed by atoms with Gasteiger partial charge in [0.15, 0.2) is 0 Å². The molecule has 366 valence electrons. The summed E-state index contributed by atoms with van der Waals surface area (Å²) in [6.07, 6.45) is 1.71. The van der Waals surface area contributed by atoms with Crippen molar-refractivity contribution in [3.05, 3.63) is 209 Å². The molecule has 0 bridgehead atoms. The Kier molecular flexibility index (Phi) is 9.87. The summed E-state index contributed by atoms with van der Waals surface area (Å²) in [7, 11) is 0. The van der Waals surface area contributed by atoms with Crippen LogP contribution in [0.5, 0.6) is 11.5 Å². The number of imidazole rings is 1. The summed E-state index contributed by atoms with van der Waals surface area (Å²) in [5, 5.41) is 4.97. The summed E-state index contributed by atoms with van der Waals surface area (Å²) < 4.78 is 85.2. The first-order chi connectivity index (χ1) is 38.2. The fraction of sp³-hybridized carbons (Fsp3) is 0.203. The maximum absolute atomic E-state index is 9.31. The van der Waals surface area contributed by atoms with Crippen molar-refractivity contribution in [2.24, 2.45) is 0 Å². The van der Waals surface area contributed by atoms with Gasteiger partial charge in [0.25, 0.3) is 0 Å². The number of rotatable bonds is 8. The molecule has 1 aliphatic rings. The molecule has 0 amide bonds. The van der Waals surface area contributed by atoms with Crippen LogP contribution in [0.3, 0.4) is 0 Å². The van der Waals surface area contributed by atoms with Crippen molar-refractivity contribution in [3.8, 4) is 67.6 Å². The van der Waals surface area contributed by atoms with Crippen LogP contribution in [0, 0.1) is 15.9 Å². The molecule has 0 fully saturated rings. The van der Waals surface area contributed by atoms with E-state index in [1.165, 1.54) is 0 Å². The molecule has 73 heavy (non-hydrogen) atoms. The van der Waals surface area contributed by atoms with Crippen LogP contribution < -0.4 is 9.55 Å². The molecule has 11 rings (SSSR count). The van der Waals surface area contributed by atoms with Gasteiger partial charge in [-0.25, -0.2) is 0 Å². The van der Waals surface area contributed by atoms with E-state index in [4.69, 9.17) is 23.0 Å². The zero-order chi connectivity index (χ0) is 57.8. The number of benzene rings is 7. The van der Waals surface area contributed by atoms with Crippen LogP contribution in [0.25, 0.3) is 67.2 Å². The molecule has 0 unspecified atom stereocenters. The fourth-order valence-corrected chi connectivity index (χ4v) is 10.6. The second kappa shape index (κ2) is 18.3. The normalized spacial score (nSPS) is 14.6. The minimum atomic E-state index is -2.59. The van der Waals surface area contributed by atoms with Gasteiger partial charge in [0, 0.05) is 15.9 Å². The summed E-state index contributed by atoms with van der Waals surface area (Å²) >= 11 is 2.31. The van der Waals surface area contributed by atoms with E-state index in [9.17, 15) is 2.74 Å². The molecule has 0 spiro atoms. The van der Waals surface area contributed by atoms with Gasteiger partial charge in [-0.1, -0.05) is 51.1 Å². The number of ether oxygens (including phenoxy) is 1. The summed E-state index contributed by atoms with van der Waals surface area (Å²) in [4.78, 5) is 6.50. The average molecular weight is 1140 g/mol. The van der Waals surface area contributed by atoms with Crippen LogP contribution in [0.2, 0.25) is 6.75 Å². The average Bonchev–Trinajstić information content (AvgIpc) is 4.02. The van der Waals surface area contributed by atoms with Crippen LogP contribution >= 0.6 is 0 Å². The molecule has 4 heterocycles. The summed E-state index contributed by atoms with van der Waals surface area (Å²) in [6.45, 7) is 15.6. The summed E-state index contributed by atoms with van der Waals surface area (Å²) in [5.74, 6) is 1.09. The van der Waals surface area contributed by atoms with Crippen LogP contribution in [0.15, 0.2) is 176 Å². The SMILES string of the molecule is [2H]c1c([2H])c([2H])c(-c2cccc(-c3cc(C(C)(C)C)cc(C(C)(C)C)c3)c2-n2[c](=[Pt])n(-c3[c-]c(Oc4[c-]c5c(cc4)-c4cc(-c6ccccc6)nn4B(C([2H])([2H])[2H])N5c4cc(C(C)(C)C)ccn4)ccc3)c3ccccc32)c([2H])c1[2H]. The van der Waals surface area contributed by atoms with E-state index in [0.29, 0.717) is 60.7 Å². The summed E-state index contributed by atoms with van der Waals surface area (Å²) in [5.41, 5.74) is 10.9. The van der Waals surface area contributed by atoms with Crippen molar-refractivity contribution in [3.63, 3.8) is 0 Å². The Hall–Kier alpha value is -7.28. The van der Waals surface area contributed by atoms with E-state index < -0.39 is 31.9 Å². The van der Waals surface area contributed by atoms with E-state index >= 15 is 0 Å². The standard InChI is InChI=1S/C64H59BN6O.Pt/c1-62(2,3)46-33-34-66-60(38-46)70-58-40-51(31-32-54(58)59-41-55(67-71(59)65(70)10)44-23-15-12-16-24-44)72-50-26-19-25-49(39-50)68-42-69(57-30-18-17-29-56(57)68)61-52(43-21-13-11-14-22-43)27-20-28-53(61)45-35-47(63(4,5)6)37-48(36-45)64(7,8)9;/h11-38,41H,1-10H3;/q-2;/i10D3,11D,13D,14D,21D,22D;. The van der Waals surface area contributed by atoms with Crippen molar-refractivity contribution in [1.29, 1.82) is 0 Å². The Labute approximate surface area is 452 Å². The van der Waals surface area contributed by atoms with E-state index in [2.05, 4.69) is 121 Å². The van der Waals surface area contributed by atoms with Crippen molar-refractivity contribution < 1.29 is 35.1 Å². The number of fused-ring (bicyclic) bond motifs is 4. The Balaban J connectivity index is 1.09. The Morgan fingerprint density at radius 3 is 1.92 bits per heavy atom. The van der Waals surface area contributed by atoms with Gasteiger partial charge >= 0.3 is 360 Å². The molecule has 10 aromatic rings. The molecular formula is C64H59BN6OPt-2. The molecule has 7 aromatic carbocycles. The van der Waals surface area contributed by atoms with Crippen LogP contribution in [0.1, 0.15) is 90.0 Å².